The van der Waals surface area contributed by atoms with E-state index >= 15 is 0 Å². The maximum absolute atomic E-state index is 13.8. The minimum Gasteiger partial charge on any atom is -0.478 e. The van der Waals surface area contributed by atoms with E-state index in [1.807, 2.05) is 0 Å². The van der Waals surface area contributed by atoms with E-state index in [2.05, 4.69) is 9.46 Å². The molecule has 0 bridgehead atoms. The Kier molecular flexibility index (Phi) is 6.58. The molecule has 2 rings (SSSR count). The molecule has 2 atom stereocenters. The number of benzene rings is 1. The molecule has 1 aliphatic carbocycles. The Morgan fingerprint density at radius 2 is 1.96 bits per heavy atom. The molecule has 1 saturated carbocycles. The van der Waals surface area contributed by atoms with Crippen LogP contribution in [0.5, 0.6) is 5.75 Å². The summed E-state index contributed by atoms with van der Waals surface area (Å²) in [7, 11) is -3.72. The lowest BCUT2D eigenvalue weighted by atomic mass is 9.97. The Labute approximate surface area is 147 Å². The molecule has 6 nitrogen and oxygen atoms in total. The Morgan fingerprint density at radius 3 is 2.44 bits per heavy atom. The van der Waals surface area contributed by atoms with Gasteiger partial charge in [-0.3, -0.25) is 4.79 Å². The number of carbonyl (C=O) groups is 1. The van der Waals surface area contributed by atoms with Crippen LogP contribution in [0.2, 0.25) is 0 Å². The molecule has 25 heavy (non-hydrogen) atoms. The highest BCUT2D eigenvalue weighted by Crippen LogP contribution is 2.30. The lowest BCUT2D eigenvalue weighted by Crippen LogP contribution is -2.46. The number of ether oxygens (including phenoxy) is 1. The third-order valence-corrected chi connectivity index (χ3v) is 6.45. The fourth-order valence-electron chi connectivity index (χ4n) is 2.14. The number of amides is 1. The van der Waals surface area contributed by atoms with Gasteiger partial charge in [0, 0.05) is 17.2 Å². The molecule has 1 unspecified atom stereocenters. The Bertz CT molecular complexity index is 723. The smallest absolute Gasteiger partial charge is 0.255 e. The van der Waals surface area contributed by atoms with Crippen molar-refractivity contribution in [1.29, 1.82) is 0 Å². The summed E-state index contributed by atoms with van der Waals surface area (Å²) < 4.78 is 71.2. The summed E-state index contributed by atoms with van der Waals surface area (Å²) in [6, 6.07) is 2.00. The van der Waals surface area contributed by atoms with Gasteiger partial charge in [0.1, 0.15) is 11.4 Å². The Balaban J connectivity index is 1.86. The molecule has 0 saturated heterocycles. The minimum absolute atomic E-state index is 0.000610. The van der Waals surface area contributed by atoms with Crippen molar-refractivity contribution in [2.75, 3.05) is 18.9 Å². The second kappa shape index (κ2) is 8.28. The van der Waals surface area contributed by atoms with E-state index < -0.39 is 51.3 Å². The molecular formula is C14H17F3N2O4S2. The topological polar surface area (TPSA) is 98.5 Å². The first-order valence-electron chi connectivity index (χ1n) is 7.36. The van der Waals surface area contributed by atoms with Gasteiger partial charge in [-0.25, -0.2) is 26.3 Å². The highest BCUT2D eigenvalue weighted by molar-refractivity contribution is 7.99. The number of halogens is 3. The van der Waals surface area contributed by atoms with Gasteiger partial charge in [-0.05, 0) is 25.0 Å². The number of primary amides is 1. The third kappa shape index (κ3) is 5.25. The summed E-state index contributed by atoms with van der Waals surface area (Å²) in [5, 5.41) is -1.02. The van der Waals surface area contributed by atoms with Crippen molar-refractivity contribution in [2.45, 2.75) is 29.2 Å². The molecule has 0 heterocycles. The van der Waals surface area contributed by atoms with E-state index in [1.165, 1.54) is 0 Å². The van der Waals surface area contributed by atoms with Gasteiger partial charge in [0.15, 0.2) is 24.0 Å². The highest BCUT2D eigenvalue weighted by atomic mass is 32.2. The van der Waals surface area contributed by atoms with Gasteiger partial charge < -0.3 is 10.5 Å². The summed E-state index contributed by atoms with van der Waals surface area (Å²) in [6.45, 7) is -0.655. The van der Waals surface area contributed by atoms with Crippen molar-refractivity contribution in [3.63, 3.8) is 0 Å². The molecule has 3 N–H and O–H groups in total. The molecule has 1 fully saturated rings. The maximum atomic E-state index is 13.8. The fourth-order valence-corrected chi connectivity index (χ4v) is 4.65. The van der Waals surface area contributed by atoms with E-state index in [0.717, 1.165) is 23.9 Å². The first-order valence-corrected chi connectivity index (χ1v) is 9.89. The molecule has 11 heteroatoms. The van der Waals surface area contributed by atoms with Gasteiger partial charge in [0.05, 0.1) is 0 Å². The summed E-state index contributed by atoms with van der Waals surface area (Å²) >= 11 is 1.01. The van der Waals surface area contributed by atoms with E-state index in [-0.39, 0.29) is 30.0 Å². The lowest BCUT2D eigenvalue weighted by Gasteiger charge is -2.29. The minimum atomic E-state index is -3.72. The Hall–Kier alpha value is -1.46. The molecule has 1 aromatic rings. The Morgan fingerprint density at radius 1 is 1.32 bits per heavy atom. The molecule has 1 aliphatic rings. The van der Waals surface area contributed by atoms with Crippen molar-refractivity contribution in [3.05, 3.63) is 23.8 Å². The van der Waals surface area contributed by atoms with Crippen molar-refractivity contribution in [2.24, 2.45) is 5.73 Å². The maximum Gasteiger partial charge on any atom is 0.255 e. The largest absolute Gasteiger partial charge is 0.478 e. The average Bonchev–Trinajstić information content (AvgIpc) is 2.48. The zero-order valence-corrected chi connectivity index (χ0v) is 14.6. The number of nitrogens with two attached hydrogens (primary N) is 1. The number of hydrogen-bond acceptors (Lipinski definition) is 5. The van der Waals surface area contributed by atoms with Crippen LogP contribution < -0.4 is 15.2 Å². The van der Waals surface area contributed by atoms with Crippen LogP contribution in [-0.4, -0.2) is 44.7 Å². The average molecular weight is 398 g/mol. The van der Waals surface area contributed by atoms with Gasteiger partial charge in [-0.1, -0.05) is 0 Å². The third-order valence-electron chi connectivity index (χ3n) is 3.53. The summed E-state index contributed by atoms with van der Waals surface area (Å²) in [4.78, 5) is 10.8. The van der Waals surface area contributed by atoms with Crippen LogP contribution in [-0.2, 0) is 14.8 Å². The summed E-state index contributed by atoms with van der Waals surface area (Å²) in [6.07, 6.45) is -0.822. The second-order valence-electron chi connectivity index (χ2n) is 5.39. The number of nitrogens with one attached hydrogen (secondary N) is 1. The van der Waals surface area contributed by atoms with Gasteiger partial charge in [-0.15, -0.1) is 11.8 Å². The van der Waals surface area contributed by atoms with Gasteiger partial charge in [0.25, 0.3) is 5.91 Å². The zero-order chi connectivity index (χ0) is 18.6. The lowest BCUT2D eigenvalue weighted by molar-refractivity contribution is -0.120. The summed E-state index contributed by atoms with van der Waals surface area (Å²) in [5.41, 5.74) is 4.84. The standard InChI is InChI=1S/C14H17F3N2O4S2/c15-9-1-2-12(9)25(21,22)19-3-4-24-8-5-10(16)14(11(17)6-8)23-7-13(18)20/h5-6,9,12,19H,1-4,7H2,(H2,18,20)/t9-,12?/m1/s1. The van der Waals surface area contributed by atoms with Crippen molar-refractivity contribution in [1.82, 2.24) is 4.72 Å². The second-order valence-corrected chi connectivity index (χ2v) is 8.54. The van der Waals surface area contributed by atoms with Gasteiger partial charge in [0.2, 0.25) is 10.0 Å². The van der Waals surface area contributed by atoms with Crippen molar-refractivity contribution >= 4 is 27.7 Å². The van der Waals surface area contributed by atoms with Crippen molar-refractivity contribution < 1.29 is 31.1 Å². The zero-order valence-electron chi connectivity index (χ0n) is 13.0. The SMILES string of the molecule is NC(=O)COc1c(F)cc(SCCNS(=O)(=O)C2CC[C@H]2F)cc1F. The van der Waals surface area contributed by atoms with Crippen LogP contribution in [0.15, 0.2) is 17.0 Å². The molecular weight excluding hydrogens is 381 g/mol. The number of carbonyl (C=O) groups excluding carboxylic acids is 1. The van der Waals surface area contributed by atoms with Crippen LogP contribution in [0.1, 0.15) is 12.8 Å². The predicted molar refractivity (Wildman–Crippen MR) is 86.6 cm³/mol. The van der Waals surface area contributed by atoms with E-state index in [4.69, 9.17) is 5.73 Å². The van der Waals surface area contributed by atoms with Crippen LogP contribution >= 0.6 is 11.8 Å². The predicted octanol–water partition coefficient (Wildman–Crippen LogP) is 1.34. The van der Waals surface area contributed by atoms with Gasteiger partial charge in [-0.2, -0.15) is 0 Å². The molecule has 0 radical (unpaired) electrons. The first kappa shape index (κ1) is 19.9. The van der Waals surface area contributed by atoms with Gasteiger partial charge >= 0.3 is 0 Å². The first-order chi connectivity index (χ1) is 11.7. The number of rotatable bonds is 9. The fraction of sp³-hybridized carbons (Fsp3) is 0.500. The molecule has 1 aromatic carbocycles. The molecule has 0 spiro atoms. The van der Waals surface area contributed by atoms with E-state index in [0.29, 0.717) is 0 Å². The van der Waals surface area contributed by atoms with Crippen molar-refractivity contribution in [3.8, 4) is 5.75 Å². The van der Waals surface area contributed by atoms with Crippen LogP contribution in [0.25, 0.3) is 0 Å². The van der Waals surface area contributed by atoms with E-state index in [9.17, 15) is 26.4 Å². The van der Waals surface area contributed by atoms with Crippen LogP contribution in [0.3, 0.4) is 0 Å². The van der Waals surface area contributed by atoms with E-state index in [1.54, 1.807) is 0 Å². The van der Waals surface area contributed by atoms with Crippen LogP contribution in [0, 0.1) is 11.6 Å². The quantitative estimate of drug-likeness (QED) is 0.483. The number of hydrogen-bond donors (Lipinski definition) is 2. The molecule has 0 aromatic heterocycles. The normalized spacial score (nSPS) is 20.1. The number of thioether (sulfide) groups is 1. The summed E-state index contributed by atoms with van der Waals surface area (Å²) in [5.74, 6) is -3.38. The highest BCUT2D eigenvalue weighted by Gasteiger charge is 2.40. The molecule has 1 amide bonds. The van der Waals surface area contributed by atoms with Crippen LogP contribution in [0.4, 0.5) is 13.2 Å². The molecule has 0 aliphatic heterocycles. The number of alkyl halides is 1. The monoisotopic (exact) mass is 398 g/mol. The number of sulfonamides is 1. The molecule has 140 valence electrons.